The third-order valence-corrected chi connectivity index (χ3v) is 6.52. The molecule has 0 aliphatic rings. The van der Waals surface area contributed by atoms with Gasteiger partial charge in [0.2, 0.25) is 20.0 Å². The van der Waals surface area contributed by atoms with Gasteiger partial charge in [-0.25, -0.2) is 26.3 Å². The second kappa shape index (κ2) is 9.65. The molecule has 160 valence electrons. The Labute approximate surface area is 170 Å². The molecule has 2 aromatic rings. The van der Waals surface area contributed by atoms with Gasteiger partial charge in [-0.05, 0) is 62.4 Å². The van der Waals surface area contributed by atoms with Crippen LogP contribution in [0.15, 0.2) is 58.3 Å². The number of benzene rings is 2. The van der Waals surface area contributed by atoms with Crippen molar-refractivity contribution < 1.29 is 31.8 Å². The molecule has 0 radical (unpaired) electrons. The molecule has 11 heteroatoms. The Bertz CT molecular complexity index is 918. The van der Waals surface area contributed by atoms with Crippen LogP contribution in [-0.4, -0.2) is 52.3 Å². The number of rotatable bonds is 10. The number of nitrogens with one attached hydrogen (secondary N) is 2. The van der Waals surface area contributed by atoms with Gasteiger partial charge in [0.1, 0.15) is 11.5 Å². The van der Waals surface area contributed by atoms with Crippen LogP contribution in [0.1, 0.15) is 13.8 Å². The summed E-state index contributed by atoms with van der Waals surface area (Å²) in [5.74, 6) is 0.727. The van der Waals surface area contributed by atoms with Gasteiger partial charge in [-0.2, -0.15) is 0 Å². The zero-order valence-electron chi connectivity index (χ0n) is 15.9. The molecule has 0 aliphatic carbocycles. The van der Waals surface area contributed by atoms with Gasteiger partial charge in [-0.3, -0.25) is 0 Å². The van der Waals surface area contributed by atoms with Crippen molar-refractivity contribution >= 4 is 20.0 Å². The van der Waals surface area contributed by atoms with E-state index in [4.69, 9.17) is 4.74 Å². The average molecular weight is 445 g/mol. The summed E-state index contributed by atoms with van der Waals surface area (Å²) < 4.78 is 58.5. The molecule has 2 rings (SSSR count). The Hall–Kier alpha value is -2.02. The van der Waals surface area contributed by atoms with Crippen molar-refractivity contribution in [3.05, 3.63) is 48.5 Å². The lowest BCUT2D eigenvalue weighted by molar-refractivity contribution is 0.198. The molecule has 0 unspecified atom stereocenters. The Kier molecular flexibility index (Phi) is 7.74. The van der Waals surface area contributed by atoms with Gasteiger partial charge in [0.15, 0.2) is 0 Å². The highest BCUT2D eigenvalue weighted by Crippen LogP contribution is 2.24. The summed E-state index contributed by atoms with van der Waals surface area (Å²) in [7, 11) is -7.47. The Balaban J connectivity index is 2.05. The van der Waals surface area contributed by atoms with E-state index in [2.05, 4.69) is 9.44 Å². The normalized spacial score (nSPS) is 14.3. The first-order valence-electron chi connectivity index (χ1n) is 8.73. The largest absolute Gasteiger partial charge is 0.457 e. The molecule has 0 heterocycles. The van der Waals surface area contributed by atoms with Crippen LogP contribution in [0.4, 0.5) is 0 Å². The minimum Gasteiger partial charge on any atom is -0.457 e. The van der Waals surface area contributed by atoms with Crippen molar-refractivity contribution in [3.63, 3.8) is 0 Å². The van der Waals surface area contributed by atoms with Crippen LogP contribution in [0.5, 0.6) is 11.5 Å². The first-order valence-corrected chi connectivity index (χ1v) is 11.7. The van der Waals surface area contributed by atoms with Crippen molar-refractivity contribution in [3.8, 4) is 11.5 Å². The number of ether oxygens (including phenoxy) is 1. The molecule has 0 saturated heterocycles. The quantitative estimate of drug-likeness (QED) is 0.424. The van der Waals surface area contributed by atoms with Gasteiger partial charge in [-0.1, -0.05) is 0 Å². The Morgan fingerprint density at radius 2 is 1.03 bits per heavy atom. The standard InChI is InChI=1S/C18H24N2O7S2/c1-13(21)11-19-28(23,24)17-7-3-15(4-8-17)27-16-5-9-18(10-6-16)29(25,26)20-12-14(2)22/h3-10,13-14,19-22H,11-12H2,1-2H3/t13-,14-/m0/s1. The van der Waals surface area contributed by atoms with Crippen molar-refractivity contribution in [1.82, 2.24) is 9.44 Å². The molecule has 2 atom stereocenters. The molecule has 0 aliphatic heterocycles. The van der Waals surface area contributed by atoms with Crippen LogP contribution < -0.4 is 14.2 Å². The van der Waals surface area contributed by atoms with E-state index in [9.17, 15) is 27.0 Å². The Morgan fingerprint density at radius 3 is 1.31 bits per heavy atom. The highest BCUT2D eigenvalue weighted by Gasteiger charge is 2.16. The molecule has 0 saturated carbocycles. The minimum atomic E-state index is -3.74. The van der Waals surface area contributed by atoms with Crippen molar-refractivity contribution in [2.45, 2.75) is 35.8 Å². The molecule has 2 aromatic carbocycles. The summed E-state index contributed by atoms with van der Waals surface area (Å²) >= 11 is 0. The number of aliphatic hydroxyl groups is 2. The summed E-state index contributed by atoms with van der Waals surface area (Å²) in [5.41, 5.74) is 0. The molecule has 9 nitrogen and oxygen atoms in total. The second-order valence-corrected chi connectivity index (χ2v) is 9.98. The second-order valence-electron chi connectivity index (χ2n) is 6.45. The predicted octanol–water partition coefficient (Wildman–Crippen LogP) is 0.797. The molecule has 4 N–H and O–H groups in total. The van der Waals surface area contributed by atoms with E-state index in [1.54, 1.807) is 0 Å². The van der Waals surface area contributed by atoms with E-state index < -0.39 is 32.3 Å². The van der Waals surface area contributed by atoms with Crippen molar-refractivity contribution in [2.75, 3.05) is 13.1 Å². The maximum absolute atomic E-state index is 12.1. The molecule has 0 spiro atoms. The molecule has 0 aromatic heterocycles. The lowest BCUT2D eigenvalue weighted by atomic mass is 10.3. The van der Waals surface area contributed by atoms with Gasteiger partial charge in [0.25, 0.3) is 0 Å². The lowest BCUT2D eigenvalue weighted by Crippen LogP contribution is -2.30. The highest BCUT2D eigenvalue weighted by atomic mass is 32.2. The van der Waals surface area contributed by atoms with E-state index in [1.807, 2.05) is 0 Å². The number of hydrogen-bond acceptors (Lipinski definition) is 7. The average Bonchev–Trinajstić information content (AvgIpc) is 2.66. The number of aliphatic hydroxyl groups excluding tert-OH is 2. The van der Waals surface area contributed by atoms with E-state index in [0.717, 1.165) is 0 Å². The van der Waals surface area contributed by atoms with Crippen LogP contribution in [0, 0.1) is 0 Å². The summed E-state index contributed by atoms with van der Waals surface area (Å²) in [4.78, 5) is 0.0484. The first kappa shape index (κ1) is 23.3. The van der Waals surface area contributed by atoms with Crippen LogP contribution >= 0.6 is 0 Å². The Morgan fingerprint density at radius 1 is 0.724 bits per heavy atom. The van der Waals surface area contributed by atoms with Crippen LogP contribution in [0.25, 0.3) is 0 Å². The maximum atomic E-state index is 12.1. The third-order valence-electron chi connectivity index (χ3n) is 3.64. The molecular weight excluding hydrogens is 420 g/mol. The van der Waals surface area contributed by atoms with E-state index in [0.29, 0.717) is 11.5 Å². The summed E-state index contributed by atoms with van der Waals surface area (Å²) in [6.45, 7) is 2.75. The highest BCUT2D eigenvalue weighted by molar-refractivity contribution is 7.89. The van der Waals surface area contributed by atoms with Crippen LogP contribution in [0.3, 0.4) is 0 Å². The molecule has 0 amide bonds. The lowest BCUT2D eigenvalue weighted by Gasteiger charge is -2.11. The summed E-state index contributed by atoms with van der Waals surface area (Å²) in [6.07, 6.45) is -1.61. The zero-order valence-corrected chi connectivity index (χ0v) is 17.6. The molecular formula is C18H24N2O7S2. The molecule has 0 bridgehead atoms. The molecule has 29 heavy (non-hydrogen) atoms. The van der Waals surface area contributed by atoms with E-state index >= 15 is 0 Å². The fraction of sp³-hybridized carbons (Fsp3) is 0.333. The van der Waals surface area contributed by atoms with E-state index in [1.165, 1.54) is 62.4 Å². The van der Waals surface area contributed by atoms with E-state index in [-0.39, 0.29) is 22.9 Å². The van der Waals surface area contributed by atoms with Crippen LogP contribution in [0.2, 0.25) is 0 Å². The monoisotopic (exact) mass is 444 g/mol. The van der Waals surface area contributed by atoms with Gasteiger partial charge in [0.05, 0.1) is 22.0 Å². The topological polar surface area (TPSA) is 142 Å². The fourth-order valence-corrected chi connectivity index (χ4v) is 4.38. The third kappa shape index (κ3) is 7.07. The number of sulfonamides is 2. The molecule has 0 fully saturated rings. The van der Waals surface area contributed by atoms with Crippen LogP contribution in [-0.2, 0) is 20.0 Å². The van der Waals surface area contributed by atoms with Gasteiger partial charge in [-0.15, -0.1) is 0 Å². The smallest absolute Gasteiger partial charge is 0.240 e. The zero-order chi connectivity index (χ0) is 21.7. The summed E-state index contributed by atoms with van der Waals surface area (Å²) in [5, 5.41) is 18.4. The van der Waals surface area contributed by atoms with Crippen molar-refractivity contribution in [2.24, 2.45) is 0 Å². The number of hydrogen-bond donors (Lipinski definition) is 4. The predicted molar refractivity (Wildman–Crippen MR) is 107 cm³/mol. The summed E-state index contributed by atoms with van der Waals surface area (Å²) in [6, 6.07) is 11.3. The van der Waals surface area contributed by atoms with Gasteiger partial charge in [0, 0.05) is 13.1 Å². The fourth-order valence-electron chi connectivity index (χ4n) is 2.14. The SMILES string of the molecule is C[C@H](O)CNS(=O)(=O)c1ccc(Oc2ccc(S(=O)(=O)NC[C@H](C)O)cc2)cc1. The minimum absolute atomic E-state index is 0.0242. The van der Waals surface area contributed by atoms with Gasteiger partial charge >= 0.3 is 0 Å². The van der Waals surface area contributed by atoms with Gasteiger partial charge < -0.3 is 14.9 Å². The van der Waals surface area contributed by atoms with Crippen molar-refractivity contribution in [1.29, 1.82) is 0 Å². The maximum Gasteiger partial charge on any atom is 0.240 e. The first-order chi connectivity index (χ1) is 13.5.